The molecule has 0 radical (unpaired) electrons. The highest BCUT2D eigenvalue weighted by atomic mass is 35.5. The highest BCUT2D eigenvalue weighted by Gasteiger charge is 2.24. The van der Waals surface area contributed by atoms with Crippen LogP contribution in [0.1, 0.15) is 10.4 Å². The third kappa shape index (κ3) is 4.43. The summed E-state index contributed by atoms with van der Waals surface area (Å²) in [6.07, 6.45) is 1.65. The van der Waals surface area contributed by atoms with Crippen LogP contribution >= 0.6 is 11.6 Å². The van der Waals surface area contributed by atoms with Crippen LogP contribution in [0.25, 0.3) is 0 Å². The summed E-state index contributed by atoms with van der Waals surface area (Å²) in [5.74, 6) is -0.0424. The van der Waals surface area contributed by atoms with E-state index in [0.717, 1.165) is 5.69 Å². The van der Waals surface area contributed by atoms with Crippen LogP contribution in [0.3, 0.4) is 0 Å². The van der Waals surface area contributed by atoms with Gasteiger partial charge in [0.15, 0.2) is 0 Å². The van der Waals surface area contributed by atoms with Gasteiger partial charge in [0.2, 0.25) is 0 Å². The Balaban J connectivity index is 1.69. The monoisotopic (exact) mass is 400 g/mol. The number of rotatable bonds is 6. The number of benzene rings is 2. The lowest BCUT2D eigenvalue weighted by Crippen LogP contribution is -2.48. The van der Waals surface area contributed by atoms with Crippen LogP contribution in [-0.4, -0.2) is 48.5 Å². The van der Waals surface area contributed by atoms with Gasteiger partial charge in [-0.05, 0) is 30.3 Å². The fourth-order valence-electron chi connectivity index (χ4n) is 3.18. The van der Waals surface area contributed by atoms with Gasteiger partial charge in [0.05, 0.1) is 4.92 Å². The Hall–Kier alpha value is -3.06. The molecule has 1 N–H and O–H groups in total. The number of halogens is 1. The minimum absolute atomic E-state index is 0.0281. The Bertz CT molecular complexity index is 895. The molecule has 8 heteroatoms. The Morgan fingerprint density at radius 1 is 1.21 bits per heavy atom. The molecule has 1 fully saturated rings. The Morgan fingerprint density at radius 2 is 1.96 bits per heavy atom. The van der Waals surface area contributed by atoms with Gasteiger partial charge in [-0.3, -0.25) is 14.9 Å². The molecule has 2 aromatic carbocycles. The summed E-state index contributed by atoms with van der Waals surface area (Å²) in [7, 11) is 0. The second-order valence-electron chi connectivity index (χ2n) is 6.42. The lowest BCUT2D eigenvalue weighted by atomic mass is 10.1. The average molecular weight is 401 g/mol. The van der Waals surface area contributed by atoms with Crippen LogP contribution in [0.4, 0.5) is 17.1 Å². The van der Waals surface area contributed by atoms with E-state index in [0.29, 0.717) is 49.0 Å². The molecule has 1 aliphatic heterocycles. The van der Waals surface area contributed by atoms with E-state index in [2.05, 4.69) is 16.8 Å². The van der Waals surface area contributed by atoms with Crippen molar-refractivity contribution in [1.29, 1.82) is 0 Å². The third-order valence-electron chi connectivity index (χ3n) is 4.62. The van der Waals surface area contributed by atoms with Gasteiger partial charge < -0.3 is 15.1 Å². The van der Waals surface area contributed by atoms with Crippen LogP contribution in [0.2, 0.25) is 5.02 Å². The van der Waals surface area contributed by atoms with Gasteiger partial charge in [0.25, 0.3) is 11.6 Å². The lowest BCUT2D eigenvalue weighted by molar-refractivity contribution is -0.383. The van der Waals surface area contributed by atoms with E-state index >= 15 is 0 Å². The highest BCUT2D eigenvalue weighted by molar-refractivity contribution is 6.30. The molecular weight excluding hydrogens is 380 g/mol. The van der Waals surface area contributed by atoms with Gasteiger partial charge in [-0.2, -0.15) is 0 Å². The molecule has 0 bridgehead atoms. The Labute approximate surface area is 168 Å². The normalized spacial score (nSPS) is 13.9. The van der Waals surface area contributed by atoms with Gasteiger partial charge in [-0.25, -0.2) is 0 Å². The maximum atomic E-state index is 12.6. The van der Waals surface area contributed by atoms with Crippen LogP contribution in [0.5, 0.6) is 0 Å². The number of carbonyl (C=O) groups excluding carboxylic acids is 1. The molecule has 0 atom stereocenters. The summed E-state index contributed by atoms with van der Waals surface area (Å²) in [5.41, 5.74) is 1.94. The van der Waals surface area contributed by atoms with E-state index in [4.69, 9.17) is 11.6 Å². The topological polar surface area (TPSA) is 78.7 Å². The first-order valence-corrected chi connectivity index (χ1v) is 9.30. The van der Waals surface area contributed by atoms with E-state index in [1.165, 1.54) is 6.07 Å². The summed E-state index contributed by atoms with van der Waals surface area (Å²) in [6, 6.07) is 12.0. The molecule has 1 saturated heterocycles. The van der Waals surface area contributed by atoms with Crippen LogP contribution < -0.4 is 10.2 Å². The molecule has 1 amide bonds. The maximum absolute atomic E-state index is 12.6. The second-order valence-corrected chi connectivity index (χ2v) is 6.85. The van der Waals surface area contributed by atoms with Crippen molar-refractivity contribution in [2.45, 2.75) is 0 Å². The molecule has 0 unspecified atom stereocenters. The third-order valence-corrected chi connectivity index (χ3v) is 4.85. The number of hydrogen-bond acceptors (Lipinski definition) is 5. The van der Waals surface area contributed by atoms with Gasteiger partial charge in [0, 0.05) is 55.1 Å². The molecule has 3 rings (SSSR count). The molecule has 0 aromatic heterocycles. The Morgan fingerprint density at radius 3 is 2.61 bits per heavy atom. The van der Waals surface area contributed by atoms with E-state index < -0.39 is 4.92 Å². The summed E-state index contributed by atoms with van der Waals surface area (Å²) >= 11 is 5.98. The van der Waals surface area contributed by atoms with E-state index in [1.807, 2.05) is 0 Å². The van der Waals surface area contributed by atoms with Crippen molar-refractivity contribution in [2.24, 2.45) is 0 Å². The van der Waals surface area contributed by atoms with Crippen LogP contribution in [0.15, 0.2) is 55.1 Å². The molecule has 1 heterocycles. The fourth-order valence-corrected chi connectivity index (χ4v) is 3.37. The second kappa shape index (κ2) is 8.75. The van der Waals surface area contributed by atoms with Crippen molar-refractivity contribution < 1.29 is 9.72 Å². The number of nitro groups is 1. The standard InChI is InChI=1S/C20H21ClN4O3/c1-2-8-22-18-14-17(6-7-19(18)25(27)28)23-9-11-24(12-10-23)20(26)15-4-3-5-16(21)13-15/h2-7,13-14,22H,1,8-12H2. The van der Waals surface area contributed by atoms with E-state index in [-0.39, 0.29) is 11.6 Å². The summed E-state index contributed by atoms with van der Waals surface area (Å²) in [4.78, 5) is 27.4. The van der Waals surface area contributed by atoms with Gasteiger partial charge in [0.1, 0.15) is 5.69 Å². The number of amides is 1. The molecule has 0 spiro atoms. The molecule has 1 aliphatic rings. The molecule has 28 heavy (non-hydrogen) atoms. The number of carbonyl (C=O) groups is 1. The maximum Gasteiger partial charge on any atom is 0.292 e. The lowest BCUT2D eigenvalue weighted by Gasteiger charge is -2.36. The number of nitrogens with one attached hydrogen (secondary N) is 1. The molecule has 146 valence electrons. The summed E-state index contributed by atoms with van der Waals surface area (Å²) in [6.45, 7) is 6.49. The number of piperazine rings is 1. The van der Waals surface area contributed by atoms with Gasteiger partial charge >= 0.3 is 0 Å². The number of anilines is 2. The predicted octanol–water partition coefficient (Wildman–Crippen LogP) is 3.81. The van der Waals surface area contributed by atoms with Gasteiger partial charge in [-0.1, -0.05) is 23.7 Å². The van der Waals surface area contributed by atoms with Crippen LogP contribution in [-0.2, 0) is 0 Å². The molecule has 0 saturated carbocycles. The minimum atomic E-state index is -0.406. The molecule has 0 aliphatic carbocycles. The summed E-state index contributed by atoms with van der Waals surface area (Å²) < 4.78 is 0. The molecular formula is C20H21ClN4O3. The van der Waals surface area contributed by atoms with E-state index in [1.54, 1.807) is 47.4 Å². The largest absolute Gasteiger partial charge is 0.376 e. The van der Waals surface area contributed by atoms with Crippen molar-refractivity contribution in [1.82, 2.24) is 4.90 Å². The molecule has 7 nitrogen and oxygen atoms in total. The van der Waals surface area contributed by atoms with Crippen molar-refractivity contribution in [2.75, 3.05) is 42.9 Å². The Kier molecular flexibility index (Phi) is 6.16. The first-order chi connectivity index (χ1) is 13.5. The van der Waals surface area contributed by atoms with Gasteiger partial charge in [-0.15, -0.1) is 6.58 Å². The average Bonchev–Trinajstić information content (AvgIpc) is 2.71. The van der Waals surface area contributed by atoms with Crippen molar-refractivity contribution in [3.8, 4) is 0 Å². The zero-order valence-corrected chi connectivity index (χ0v) is 16.1. The zero-order valence-electron chi connectivity index (χ0n) is 15.3. The quantitative estimate of drug-likeness (QED) is 0.453. The predicted molar refractivity (Wildman–Crippen MR) is 111 cm³/mol. The zero-order chi connectivity index (χ0) is 20.1. The SMILES string of the molecule is C=CCNc1cc(N2CCN(C(=O)c3cccc(Cl)c3)CC2)ccc1[N+](=O)[O-]. The number of nitro benzene ring substituents is 1. The smallest absolute Gasteiger partial charge is 0.292 e. The fraction of sp³-hybridized carbons (Fsp3) is 0.250. The first-order valence-electron chi connectivity index (χ1n) is 8.92. The van der Waals surface area contributed by atoms with Crippen molar-refractivity contribution in [3.05, 3.63) is 75.8 Å². The van der Waals surface area contributed by atoms with Crippen molar-refractivity contribution in [3.63, 3.8) is 0 Å². The first kappa shape index (κ1) is 19.7. The number of nitrogens with zero attached hydrogens (tertiary/aromatic N) is 3. The highest BCUT2D eigenvalue weighted by Crippen LogP contribution is 2.30. The minimum Gasteiger partial charge on any atom is -0.376 e. The van der Waals surface area contributed by atoms with E-state index in [9.17, 15) is 14.9 Å². The summed E-state index contributed by atoms with van der Waals surface area (Å²) in [5, 5.41) is 14.8. The molecule has 2 aromatic rings. The number of hydrogen-bond donors (Lipinski definition) is 1. The van der Waals surface area contributed by atoms with Crippen LogP contribution in [0, 0.1) is 10.1 Å². The van der Waals surface area contributed by atoms with Crippen molar-refractivity contribution >= 4 is 34.6 Å².